The predicted octanol–water partition coefficient (Wildman–Crippen LogP) is 2.46. The van der Waals surface area contributed by atoms with E-state index >= 15 is 0 Å². The first-order chi connectivity index (χ1) is 7.33. The van der Waals surface area contributed by atoms with Crippen molar-refractivity contribution < 1.29 is 0 Å². The third kappa shape index (κ3) is 2.26. The molecule has 0 amide bonds. The van der Waals surface area contributed by atoms with Gasteiger partial charge >= 0.3 is 0 Å². The predicted molar refractivity (Wildman–Crippen MR) is 65.4 cm³/mol. The van der Waals surface area contributed by atoms with Crippen molar-refractivity contribution in [3.05, 3.63) is 50.9 Å². The zero-order chi connectivity index (χ0) is 10.7. The normalized spacial score (nSPS) is 12.7. The second kappa shape index (κ2) is 4.85. The molecule has 78 valence electrons. The first-order valence-electron chi connectivity index (χ1n) is 4.43. The van der Waals surface area contributed by atoms with E-state index in [1.165, 1.54) is 0 Å². The number of rotatable bonds is 3. The van der Waals surface area contributed by atoms with Crippen LogP contribution in [0.3, 0.4) is 0 Å². The molecule has 2 aromatic heterocycles. The Morgan fingerprint density at radius 2 is 2.27 bits per heavy atom. The van der Waals surface area contributed by atoms with Crippen molar-refractivity contribution in [2.45, 2.75) is 6.04 Å². The zero-order valence-electron chi connectivity index (χ0n) is 7.85. The lowest BCUT2D eigenvalue weighted by molar-refractivity contribution is 0.628. The number of pyridine rings is 1. The Labute approximate surface area is 100 Å². The summed E-state index contributed by atoms with van der Waals surface area (Å²) in [7, 11) is 0. The van der Waals surface area contributed by atoms with E-state index in [0.717, 1.165) is 15.0 Å². The van der Waals surface area contributed by atoms with Crippen molar-refractivity contribution in [1.82, 2.24) is 10.4 Å². The summed E-state index contributed by atoms with van der Waals surface area (Å²) in [6.07, 6.45) is 1.77. The summed E-state index contributed by atoms with van der Waals surface area (Å²) in [6.45, 7) is 0. The van der Waals surface area contributed by atoms with Gasteiger partial charge in [0.1, 0.15) is 0 Å². The van der Waals surface area contributed by atoms with Crippen LogP contribution in [-0.2, 0) is 0 Å². The van der Waals surface area contributed by atoms with Crippen molar-refractivity contribution >= 4 is 27.3 Å². The SMILES string of the molecule is NNC(c1ccccn1)c1sccc1Br. The first-order valence-corrected chi connectivity index (χ1v) is 6.10. The fourth-order valence-corrected chi connectivity index (χ4v) is 3.03. The number of thiophene rings is 1. The summed E-state index contributed by atoms with van der Waals surface area (Å²) in [6, 6.07) is 7.75. The maximum absolute atomic E-state index is 5.56. The smallest absolute Gasteiger partial charge is 0.0984 e. The van der Waals surface area contributed by atoms with Gasteiger partial charge in [0.2, 0.25) is 0 Å². The van der Waals surface area contributed by atoms with E-state index in [-0.39, 0.29) is 6.04 Å². The minimum absolute atomic E-state index is 0.0550. The number of hydrogen-bond acceptors (Lipinski definition) is 4. The van der Waals surface area contributed by atoms with Crippen LogP contribution in [0.2, 0.25) is 0 Å². The molecular weight excluding hydrogens is 274 g/mol. The van der Waals surface area contributed by atoms with Crippen LogP contribution < -0.4 is 11.3 Å². The van der Waals surface area contributed by atoms with Crippen LogP contribution >= 0.6 is 27.3 Å². The first kappa shape index (κ1) is 10.8. The molecule has 0 saturated carbocycles. The molecule has 0 saturated heterocycles. The molecule has 3 N–H and O–H groups in total. The molecule has 0 aliphatic carbocycles. The maximum Gasteiger partial charge on any atom is 0.0984 e. The highest BCUT2D eigenvalue weighted by molar-refractivity contribution is 9.10. The van der Waals surface area contributed by atoms with Crippen molar-refractivity contribution in [3.8, 4) is 0 Å². The van der Waals surface area contributed by atoms with E-state index in [9.17, 15) is 0 Å². The third-order valence-electron chi connectivity index (χ3n) is 2.06. The fourth-order valence-electron chi connectivity index (χ4n) is 1.35. The summed E-state index contributed by atoms with van der Waals surface area (Å²) >= 11 is 5.14. The molecule has 0 fully saturated rings. The van der Waals surface area contributed by atoms with Crippen LogP contribution in [0.4, 0.5) is 0 Å². The van der Waals surface area contributed by atoms with Gasteiger partial charge in [-0.3, -0.25) is 10.8 Å². The largest absolute Gasteiger partial charge is 0.270 e. The van der Waals surface area contributed by atoms with Gasteiger partial charge in [-0.15, -0.1) is 11.3 Å². The standard InChI is InChI=1S/C10H10BrN3S/c11-7-4-6-15-10(7)9(14-12)8-3-1-2-5-13-8/h1-6,9,14H,12H2. The van der Waals surface area contributed by atoms with Gasteiger partial charge in [0.25, 0.3) is 0 Å². The van der Waals surface area contributed by atoms with E-state index < -0.39 is 0 Å². The molecule has 0 aliphatic rings. The lowest BCUT2D eigenvalue weighted by Gasteiger charge is -2.14. The number of hydrazine groups is 1. The van der Waals surface area contributed by atoms with Gasteiger partial charge in [0.15, 0.2) is 0 Å². The monoisotopic (exact) mass is 283 g/mol. The van der Waals surface area contributed by atoms with E-state index in [1.807, 2.05) is 29.6 Å². The Kier molecular flexibility index (Phi) is 3.48. The van der Waals surface area contributed by atoms with Crippen molar-refractivity contribution in [2.24, 2.45) is 5.84 Å². The van der Waals surface area contributed by atoms with Gasteiger partial charge in [-0.25, -0.2) is 5.43 Å². The quantitative estimate of drug-likeness (QED) is 0.672. The van der Waals surface area contributed by atoms with E-state index in [1.54, 1.807) is 17.5 Å². The average molecular weight is 284 g/mol. The molecule has 5 heteroatoms. The maximum atomic E-state index is 5.56. The third-order valence-corrected chi connectivity index (χ3v) is 3.99. The Bertz CT molecular complexity index is 429. The second-order valence-electron chi connectivity index (χ2n) is 2.99. The van der Waals surface area contributed by atoms with Crippen LogP contribution in [0.1, 0.15) is 16.6 Å². The number of hydrogen-bond donors (Lipinski definition) is 2. The number of halogens is 1. The van der Waals surface area contributed by atoms with Crippen LogP contribution in [0.15, 0.2) is 40.3 Å². The Hall–Kier alpha value is -0.750. The van der Waals surface area contributed by atoms with Crippen molar-refractivity contribution in [3.63, 3.8) is 0 Å². The fraction of sp³-hybridized carbons (Fsp3) is 0.100. The van der Waals surface area contributed by atoms with Gasteiger partial charge in [-0.2, -0.15) is 0 Å². The lowest BCUT2D eigenvalue weighted by atomic mass is 10.1. The molecular formula is C10H10BrN3S. The van der Waals surface area contributed by atoms with Gasteiger partial charge in [0, 0.05) is 15.5 Å². The van der Waals surface area contributed by atoms with Crippen molar-refractivity contribution in [1.29, 1.82) is 0 Å². The van der Waals surface area contributed by atoms with E-state index in [2.05, 4.69) is 26.3 Å². The van der Waals surface area contributed by atoms with Crippen LogP contribution in [0, 0.1) is 0 Å². The molecule has 1 atom stereocenters. The summed E-state index contributed by atoms with van der Waals surface area (Å²) in [5.41, 5.74) is 3.70. The molecule has 0 aliphatic heterocycles. The summed E-state index contributed by atoms with van der Waals surface area (Å²) in [5.74, 6) is 5.56. The van der Waals surface area contributed by atoms with Gasteiger partial charge < -0.3 is 0 Å². The molecule has 1 unspecified atom stereocenters. The topological polar surface area (TPSA) is 50.9 Å². The summed E-state index contributed by atoms with van der Waals surface area (Å²) in [5, 5.41) is 2.02. The molecule has 2 aromatic rings. The average Bonchev–Trinajstić information content (AvgIpc) is 2.68. The summed E-state index contributed by atoms with van der Waals surface area (Å²) < 4.78 is 1.06. The van der Waals surface area contributed by atoms with Crippen LogP contribution in [0.5, 0.6) is 0 Å². The molecule has 0 radical (unpaired) electrons. The molecule has 0 spiro atoms. The molecule has 3 nitrogen and oxygen atoms in total. The molecule has 0 bridgehead atoms. The highest BCUT2D eigenvalue weighted by atomic mass is 79.9. The number of nitrogens with two attached hydrogens (primary N) is 1. The van der Waals surface area contributed by atoms with E-state index in [4.69, 9.17) is 5.84 Å². The highest BCUT2D eigenvalue weighted by Gasteiger charge is 2.17. The van der Waals surface area contributed by atoms with Crippen molar-refractivity contribution in [2.75, 3.05) is 0 Å². The molecule has 0 aromatic carbocycles. The Balaban J connectivity index is 2.37. The van der Waals surface area contributed by atoms with Gasteiger partial charge in [-0.1, -0.05) is 6.07 Å². The van der Waals surface area contributed by atoms with Crippen LogP contribution in [0.25, 0.3) is 0 Å². The highest BCUT2D eigenvalue weighted by Crippen LogP contribution is 2.31. The minimum atomic E-state index is -0.0550. The van der Waals surface area contributed by atoms with Gasteiger partial charge in [-0.05, 0) is 39.5 Å². The minimum Gasteiger partial charge on any atom is -0.270 e. The second-order valence-corrected chi connectivity index (χ2v) is 4.79. The van der Waals surface area contributed by atoms with Crippen LogP contribution in [-0.4, -0.2) is 4.98 Å². The zero-order valence-corrected chi connectivity index (χ0v) is 10.3. The lowest BCUT2D eigenvalue weighted by Crippen LogP contribution is -2.29. The molecule has 15 heavy (non-hydrogen) atoms. The number of aromatic nitrogens is 1. The molecule has 2 heterocycles. The number of nitrogens with one attached hydrogen (secondary N) is 1. The Morgan fingerprint density at radius 1 is 1.40 bits per heavy atom. The molecule has 2 rings (SSSR count). The summed E-state index contributed by atoms with van der Waals surface area (Å²) in [4.78, 5) is 5.43. The van der Waals surface area contributed by atoms with Gasteiger partial charge in [0.05, 0.1) is 11.7 Å². The van der Waals surface area contributed by atoms with E-state index in [0.29, 0.717) is 0 Å². The Morgan fingerprint density at radius 3 is 2.80 bits per heavy atom. The number of nitrogens with zero attached hydrogens (tertiary/aromatic N) is 1.